The third-order valence-corrected chi connectivity index (χ3v) is 8.23. The number of alkyl halides is 4. The van der Waals surface area contributed by atoms with E-state index < -0.39 is 8.67 Å². The summed E-state index contributed by atoms with van der Waals surface area (Å²) in [6.45, 7) is 0. The van der Waals surface area contributed by atoms with Crippen molar-refractivity contribution in [2.45, 2.75) is 34.3 Å². The molecule has 0 N–H and O–H groups in total. The van der Waals surface area contributed by atoms with Crippen LogP contribution in [0.5, 0.6) is 0 Å². The number of hydrogen-bond donors (Lipinski definition) is 0. The summed E-state index contributed by atoms with van der Waals surface area (Å²) in [6.07, 6.45) is 8.43. The molecule has 0 aromatic rings. The summed E-state index contributed by atoms with van der Waals surface area (Å²) in [4.78, 5) is 0. The SMILES string of the molecule is ClC1(Cl)C2CC34CC=CCC3(CC21)C4(Cl)Cl. The van der Waals surface area contributed by atoms with Crippen molar-refractivity contribution in [1.82, 2.24) is 0 Å². The van der Waals surface area contributed by atoms with Crippen LogP contribution in [0.25, 0.3) is 0 Å². The second-order valence-electron chi connectivity index (χ2n) is 5.91. The Hall–Kier alpha value is 0.900. The lowest BCUT2D eigenvalue weighted by Crippen LogP contribution is -2.22. The first-order chi connectivity index (χ1) is 7.39. The zero-order chi connectivity index (χ0) is 11.4. The van der Waals surface area contributed by atoms with E-state index in [1.807, 2.05) is 0 Å². The summed E-state index contributed by atoms with van der Waals surface area (Å²) in [5, 5.41) is 0. The van der Waals surface area contributed by atoms with Gasteiger partial charge in [-0.15, -0.1) is 46.4 Å². The topological polar surface area (TPSA) is 0 Å². The lowest BCUT2D eigenvalue weighted by molar-refractivity contribution is 0.221. The minimum absolute atomic E-state index is 0.0601. The van der Waals surface area contributed by atoms with E-state index in [-0.39, 0.29) is 10.8 Å². The van der Waals surface area contributed by atoms with E-state index in [2.05, 4.69) is 12.2 Å². The van der Waals surface area contributed by atoms with Gasteiger partial charge in [0.25, 0.3) is 0 Å². The summed E-state index contributed by atoms with van der Waals surface area (Å²) in [5.74, 6) is 0.824. The van der Waals surface area contributed by atoms with Crippen molar-refractivity contribution in [3.63, 3.8) is 0 Å². The molecule has 0 radical (unpaired) electrons. The highest BCUT2D eigenvalue weighted by Crippen LogP contribution is 2.92. The Labute approximate surface area is 115 Å². The average Bonchev–Trinajstić information content (AvgIpc) is 2.93. The van der Waals surface area contributed by atoms with E-state index in [0.717, 1.165) is 25.7 Å². The molecule has 4 atom stereocenters. The van der Waals surface area contributed by atoms with Crippen molar-refractivity contribution in [1.29, 1.82) is 0 Å². The number of halogens is 4. The number of allylic oxidation sites excluding steroid dienone is 2. The number of rotatable bonds is 0. The fraction of sp³-hybridized carbons (Fsp3) is 0.833. The van der Waals surface area contributed by atoms with Crippen LogP contribution in [0, 0.1) is 22.7 Å². The summed E-state index contributed by atoms with van der Waals surface area (Å²) in [5.41, 5.74) is 0.120. The third-order valence-electron chi connectivity index (χ3n) is 5.66. The fourth-order valence-electron chi connectivity index (χ4n) is 4.54. The largest absolute Gasteiger partial charge is 0.131 e. The minimum atomic E-state index is -0.555. The Morgan fingerprint density at radius 2 is 1.25 bits per heavy atom. The molecule has 0 heterocycles. The van der Waals surface area contributed by atoms with Gasteiger partial charge in [0.15, 0.2) is 0 Å². The second-order valence-corrected chi connectivity index (χ2v) is 8.69. The lowest BCUT2D eigenvalue weighted by Gasteiger charge is -2.29. The lowest BCUT2D eigenvalue weighted by atomic mass is 9.73. The van der Waals surface area contributed by atoms with Gasteiger partial charge in [0.05, 0.1) is 0 Å². The van der Waals surface area contributed by atoms with Crippen LogP contribution in [0.1, 0.15) is 25.7 Å². The minimum Gasteiger partial charge on any atom is -0.101 e. The predicted molar refractivity (Wildman–Crippen MR) is 68.3 cm³/mol. The van der Waals surface area contributed by atoms with E-state index in [1.165, 1.54) is 0 Å². The summed E-state index contributed by atoms with van der Waals surface area (Å²) in [7, 11) is 0. The maximum Gasteiger partial charge on any atom is 0.131 e. The molecule has 0 bridgehead atoms. The smallest absolute Gasteiger partial charge is 0.101 e. The van der Waals surface area contributed by atoms with Crippen LogP contribution >= 0.6 is 46.4 Å². The monoisotopic (exact) mass is 296 g/mol. The number of fused-ring (bicyclic) bond motifs is 1. The first kappa shape index (κ1) is 10.8. The van der Waals surface area contributed by atoms with E-state index in [1.54, 1.807) is 0 Å². The van der Waals surface area contributed by atoms with Gasteiger partial charge in [0, 0.05) is 10.8 Å². The summed E-state index contributed by atoms with van der Waals surface area (Å²) in [6, 6.07) is 0. The molecule has 0 aromatic heterocycles. The molecule has 3 saturated carbocycles. The van der Waals surface area contributed by atoms with Crippen LogP contribution in [0.2, 0.25) is 0 Å². The first-order valence-corrected chi connectivity index (χ1v) is 7.31. The standard InChI is InChI=1S/C12H12Cl4/c13-11(14)7-5-9-3-1-2-4-10(9,6-8(7)11)12(9,15)16/h1-2,7-8H,3-6H2. The highest BCUT2D eigenvalue weighted by molar-refractivity contribution is 6.53. The van der Waals surface area contributed by atoms with E-state index in [4.69, 9.17) is 46.4 Å². The quantitative estimate of drug-likeness (QED) is 0.449. The molecule has 16 heavy (non-hydrogen) atoms. The Balaban J connectivity index is 1.78. The molecule has 4 aliphatic rings. The van der Waals surface area contributed by atoms with Crippen molar-refractivity contribution in [3.8, 4) is 0 Å². The Morgan fingerprint density at radius 1 is 0.812 bits per heavy atom. The van der Waals surface area contributed by atoms with Crippen LogP contribution in [-0.2, 0) is 0 Å². The van der Waals surface area contributed by atoms with Gasteiger partial charge in [-0.05, 0) is 37.5 Å². The van der Waals surface area contributed by atoms with Crippen molar-refractivity contribution >= 4 is 46.4 Å². The fourth-order valence-corrected chi connectivity index (χ4v) is 6.58. The van der Waals surface area contributed by atoms with Gasteiger partial charge in [0.2, 0.25) is 0 Å². The molecule has 0 spiro atoms. The van der Waals surface area contributed by atoms with E-state index >= 15 is 0 Å². The van der Waals surface area contributed by atoms with Crippen molar-refractivity contribution in [3.05, 3.63) is 12.2 Å². The molecule has 0 amide bonds. The van der Waals surface area contributed by atoms with Crippen molar-refractivity contribution in [2.24, 2.45) is 22.7 Å². The molecular formula is C12H12Cl4. The zero-order valence-corrected chi connectivity index (χ0v) is 11.7. The molecular weight excluding hydrogens is 286 g/mol. The molecule has 4 rings (SSSR count). The summed E-state index contributed by atoms with van der Waals surface area (Å²) < 4.78 is -1.05. The van der Waals surface area contributed by atoms with Crippen LogP contribution in [0.15, 0.2) is 12.2 Å². The van der Waals surface area contributed by atoms with E-state index in [9.17, 15) is 0 Å². The molecule has 0 aromatic carbocycles. The Morgan fingerprint density at radius 3 is 1.69 bits per heavy atom. The van der Waals surface area contributed by atoms with Gasteiger partial charge in [0.1, 0.15) is 8.67 Å². The third kappa shape index (κ3) is 0.830. The average molecular weight is 298 g/mol. The normalized spacial score (nSPS) is 58.2. The highest BCUT2D eigenvalue weighted by atomic mass is 35.5. The van der Waals surface area contributed by atoms with Crippen molar-refractivity contribution in [2.75, 3.05) is 0 Å². The van der Waals surface area contributed by atoms with Gasteiger partial charge in [-0.2, -0.15) is 0 Å². The van der Waals surface area contributed by atoms with Gasteiger partial charge in [-0.3, -0.25) is 0 Å². The highest BCUT2D eigenvalue weighted by Gasteiger charge is 2.91. The first-order valence-electron chi connectivity index (χ1n) is 5.80. The summed E-state index contributed by atoms with van der Waals surface area (Å²) >= 11 is 25.8. The van der Waals surface area contributed by atoms with Gasteiger partial charge >= 0.3 is 0 Å². The van der Waals surface area contributed by atoms with Crippen LogP contribution in [-0.4, -0.2) is 8.67 Å². The zero-order valence-electron chi connectivity index (χ0n) is 8.65. The predicted octanol–water partition coefficient (Wildman–Crippen LogP) is 4.71. The Kier molecular flexibility index (Phi) is 1.75. The molecule has 4 heteroatoms. The van der Waals surface area contributed by atoms with Crippen LogP contribution in [0.4, 0.5) is 0 Å². The molecule has 0 saturated heterocycles. The van der Waals surface area contributed by atoms with E-state index in [0.29, 0.717) is 11.8 Å². The molecule has 4 aliphatic carbocycles. The van der Waals surface area contributed by atoms with Crippen LogP contribution in [0.3, 0.4) is 0 Å². The molecule has 0 nitrogen and oxygen atoms in total. The van der Waals surface area contributed by atoms with Gasteiger partial charge in [-0.1, -0.05) is 12.2 Å². The maximum absolute atomic E-state index is 6.59. The second kappa shape index (κ2) is 2.59. The molecule has 0 aliphatic heterocycles. The van der Waals surface area contributed by atoms with Gasteiger partial charge < -0.3 is 0 Å². The molecule has 88 valence electrons. The van der Waals surface area contributed by atoms with Crippen molar-refractivity contribution < 1.29 is 0 Å². The van der Waals surface area contributed by atoms with Gasteiger partial charge in [-0.25, -0.2) is 0 Å². The maximum atomic E-state index is 6.59. The molecule has 3 fully saturated rings. The number of hydrogen-bond acceptors (Lipinski definition) is 0. The van der Waals surface area contributed by atoms with Crippen LogP contribution < -0.4 is 0 Å². The Bertz CT molecular complexity index is 379. The molecule has 4 unspecified atom stereocenters.